The molecule has 23 heavy (non-hydrogen) atoms. The van der Waals surface area contributed by atoms with Crippen molar-refractivity contribution < 1.29 is 0 Å². The topological polar surface area (TPSA) is 52.0 Å². The van der Waals surface area contributed by atoms with E-state index >= 15 is 0 Å². The van der Waals surface area contributed by atoms with Crippen LogP contribution in [-0.4, -0.2) is 30.7 Å². The molecule has 4 nitrogen and oxygen atoms in total. The highest BCUT2D eigenvalue weighted by Gasteiger charge is 2.30. The molecule has 1 aromatic rings. The van der Waals surface area contributed by atoms with E-state index in [4.69, 9.17) is 4.98 Å². The summed E-state index contributed by atoms with van der Waals surface area (Å²) in [6.45, 7) is 3.28. The Bertz CT molecular complexity index is 605. The van der Waals surface area contributed by atoms with Crippen LogP contribution >= 0.6 is 0 Å². The molecule has 0 saturated carbocycles. The van der Waals surface area contributed by atoms with Crippen molar-refractivity contribution in [2.24, 2.45) is 5.92 Å². The quantitative estimate of drug-likeness (QED) is 0.912. The fourth-order valence-electron chi connectivity index (χ4n) is 4.57. The zero-order valence-electron chi connectivity index (χ0n) is 13.9. The standard InChI is InChI=1S/C19H26N4/c20-13-16-12-15-4-1-2-5-18(15)22-19(16)23-10-7-14(8-11-23)17-6-3-9-21-17/h12,14,17,21H,1-11H2. The predicted molar refractivity (Wildman–Crippen MR) is 91.6 cm³/mol. The average Bonchev–Trinajstić information content (AvgIpc) is 3.15. The molecule has 3 aliphatic rings. The van der Waals surface area contributed by atoms with Gasteiger partial charge in [-0.25, -0.2) is 4.98 Å². The lowest BCUT2D eigenvalue weighted by molar-refractivity contribution is 0.318. The predicted octanol–water partition coefficient (Wildman–Crippen LogP) is 2.80. The van der Waals surface area contributed by atoms with Gasteiger partial charge in [0.25, 0.3) is 0 Å². The van der Waals surface area contributed by atoms with Gasteiger partial charge in [-0.2, -0.15) is 5.26 Å². The first-order chi connectivity index (χ1) is 11.3. The second-order valence-electron chi connectivity index (χ2n) is 7.31. The molecule has 0 spiro atoms. The molecule has 1 atom stereocenters. The summed E-state index contributed by atoms with van der Waals surface area (Å²) in [6, 6.07) is 5.23. The van der Waals surface area contributed by atoms with E-state index in [2.05, 4.69) is 22.4 Å². The van der Waals surface area contributed by atoms with Gasteiger partial charge in [0.1, 0.15) is 11.9 Å². The number of piperidine rings is 1. The van der Waals surface area contributed by atoms with Gasteiger partial charge in [0.2, 0.25) is 0 Å². The minimum atomic E-state index is 0.726. The number of nitrogens with zero attached hydrogens (tertiary/aromatic N) is 3. The summed E-state index contributed by atoms with van der Waals surface area (Å²) in [5.74, 6) is 1.75. The zero-order valence-corrected chi connectivity index (χ0v) is 13.9. The van der Waals surface area contributed by atoms with Gasteiger partial charge in [0.05, 0.1) is 5.56 Å². The van der Waals surface area contributed by atoms with Crippen molar-refractivity contribution in [3.63, 3.8) is 0 Å². The SMILES string of the molecule is N#Cc1cc2c(nc1N1CCC(C3CCCN3)CC1)CCCC2. The van der Waals surface area contributed by atoms with E-state index in [0.29, 0.717) is 0 Å². The maximum Gasteiger partial charge on any atom is 0.146 e. The average molecular weight is 310 g/mol. The van der Waals surface area contributed by atoms with Crippen molar-refractivity contribution in [3.8, 4) is 6.07 Å². The molecule has 1 aromatic heterocycles. The molecule has 2 aliphatic heterocycles. The van der Waals surface area contributed by atoms with Crippen molar-refractivity contribution in [1.29, 1.82) is 5.26 Å². The second kappa shape index (κ2) is 6.49. The smallest absolute Gasteiger partial charge is 0.146 e. The molecule has 1 aliphatic carbocycles. The fourth-order valence-corrected chi connectivity index (χ4v) is 4.57. The number of hydrogen-bond donors (Lipinski definition) is 1. The van der Waals surface area contributed by atoms with Crippen LogP contribution in [0.3, 0.4) is 0 Å². The van der Waals surface area contributed by atoms with E-state index in [0.717, 1.165) is 49.3 Å². The first-order valence-electron chi connectivity index (χ1n) is 9.26. The van der Waals surface area contributed by atoms with Gasteiger partial charge in [0, 0.05) is 24.8 Å². The third kappa shape index (κ3) is 2.95. The summed E-state index contributed by atoms with van der Waals surface area (Å²) in [5, 5.41) is 13.2. The summed E-state index contributed by atoms with van der Waals surface area (Å²) in [6.07, 6.45) is 9.76. The Labute approximate surface area is 138 Å². The van der Waals surface area contributed by atoms with Crippen LogP contribution in [0.1, 0.15) is 55.3 Å². The third-order valence-electron chi connectivity index (χ3n) is 5.91. The summed E-state index contributed by atoms with van der Waals surface area (Å²) in [4.78, 5) is 7.28. The third-order valence-corrected chi connectivity index (χ3v) is 5.91. The number of anilines is 1. The van der Waals surface area contributed by atoms with Gasteiger partial charge in [-0.05, 0) is 75.5 Å². The first kappa shape index (κ1) is 15.0. The van der Waals surface area contributed by atoms with Gasteiger partial charge >= 0.3 is 0 Å². The summed E-state index contributed by atoms with van der Waals surface area (Å²) in [7, 11) is 0. The molecule has 2 saturated heterocycles. The molecule has 122 valence electrons. The Hall–Kier alpha value is -1.60. The Balaban J connectivity index is 1.51. The van der Waals surface area contributed by atoms with E-state index in [-0.39, 0.29) is 0 Å². The van der Waals surface area contributed by atoms with Crippen LogP contribution in [0.5, 0.6) is 0 Å². The Kier molecular flexibility index (Phi) is 4.22. The number of aromatic nitrogens is 1. The van der Waals surface area contributed by atoms with Crippen molar-refractivity contribution in [2.75, 3.05) is 24.5 Å². The van der Waals surface area contributed by atoms with Gasteiger partial charge in [-0.1, -0.05) is 0 Å². The number of pyridine rings is 1. The number of nitriles is 1. The first-order valence-corrected chi connectivity index (χ1v) is 9.26. The molecule has 0 radical (unpaired) electrons. The van der Waals surface area contributed by atoms with E-state index < -0.39 is 0 Å². The second-order valence-corrected chi connectivity index (χ2v) is 7.31. The largest absolute Gasteiger partial charge is 0.355 e. The van der Waals surface area contributed by atoms with Crippen LogP contribution in [0.25, 0.3) is 0 Å². The maximum absolute atomic E-state index is 9.55. The molecule has 4 rings (SSSR count). The molecule has 0 amide bonds. The molecule has 3 heterocycles. The Morgan fingerprint density at radius 3 is 2.70 bits per heavy atom. The maximum atomic E-state index is 9.55. The van der Waals surface area contributed by atoms with E-state index in [9.17, 15) is 5.26 Å². The number of hydrogen-bond acceptors (Lipinski definition) is 4. The molecule has 1 unspecified atom stereocenters. The Morgan fingerprint density at radius 1 is 1.13 bits per heavy atom. The minimum Gasteiger partial charge on any atom is -0.355 e. The summed E-state index contributed by atoms with van der Waals surface area (Å²) < 4.78 is 0. The van der Waals surface area contributed by atoms with Crippen molar-refractivity contribution in [3.05, 3.63) is 22.9 Å². The highest BCUT2D eigenvalue weighted by molar-refractivity contribution is 5.56. The van der Waals surface area contributed by atoms with E-state index in [1.54, 1.807) is 0 Å². The van der Waals surface area contributed by atoms with Gasteiger partial charge in [-0.3, -0.25) is 0 Å². The van der Waals surface area contributed by atoms with Gasteiger partial charge < -0.3 is 10.2 Å². The van der Waals surface area contributed by atoms with Crippen LogP contribution < -0.4 is 10.2 Å². The number of rotatable bonds is 2. The van der Waals surface area contributed by atoms with Crippen LogP contribution in [-0.2, 0) is 12.8 Å². The van der Waals surface area contributed by atoms with Gasteiger partial charge in [0.15, 0.2) is 0 Å². The zero-order chi connectivity index (χ0) is 15.6. The van der Waals surface area contributed by atoms with E-state index in [1.165, 1.54) is 56.3 Å². The summed E-state index contributed by atoms with van der Waals surface area (Å²) >= 11 is 0. The lowest BCUT2D eigenvalue weighted by Crippen LogP contribution is -2.41. The van der Waals surface area contributed by atoms with Crippen LogP contribution in [0.2, 0.25) is 0 Å². The van der Waals surface area contributed by atoms with Crippen molar-refractivity contribution >= 4 is 5.82 Å². The Morgan fingerprint density at radius 2 is 1.96 bits per heavy atom. The van der Waals surface area contributed by atoms with E-state index in [1.807, 2.05) is 0 Å². The molecular weight excluding hydrogens is 284 g/mol. The lowest BCUT2D eigenvalue weighted by Gasteiger charge is -2.36. The fraction of sp³-hybridized carbons (Fsp3) is 0.684. The highest BCUT2D eigenvalue weighted by Crippen LogP contribution is 2.31. The normalized spacial score (nSPS) is 25.2. The number of aryl methyl sites for hydroxylation is 2. The van der Waals surface area contributed by atoms with Crippen molar-refractivity contribution in [1.82, 2.24) is 10.3 Å². The molecule has 2 fully saturated rings. The molecule has 0 bridgehead atoms. The molecule has 1 N–H and O–H groups in total. The minimum absolute atomic E-state index is 0.726. The van der Waals surface area contributed by atoms with Crippen LogP contribution in [0.4, 0.5) is 5.82 Å². The number of fused-ring (bicyclic) bond motifs is 1. The van der Waals surface area contributed by atoms with Crippen LogP contribution in [0, 0.1) is 17.2 Å². The monoisotopic (exact) mass is 310 g/mol. The highest BCUT2D eigenvalue weighted by atomic mass is 15.2. The van der Waals surface area contributed by atoms with Crippen molar-refractivity contribution in [2.45, 2.75) is 57.4 Å². The van der Waals surface area contributed by atoms with Crippen LogP contribution in [0.15, 0.2) is 6.07 Å². The molecule has 4 heteroatoms. The molecular formula is C19H26N4. The number of nitrogens with one attached hydrogen (secondary N) is 1. The lowest BCUT2D eigenvalue weighted by atomic mass is 9.88. The van der Waals surface area contributed by atoms with Gasteiger partial charge in [-0.15, -0.1) is 0 Å². The summed E-state index contributed by atoms with van der Waals surface area (Å²) in [5.41, 5.74) is 3.33. The molecule has 0 aromatic carbocycles.